The molecule has 0 aromatic heterocycles. The normalized spacial score (nSPS) is 10.9. The molecule has 0 unspecified atom stereocenters. The van der Waals surface area contributed by atoms with E-state index in [1.807, 2.05) is 0 Å². The van der Waals surface area contributed by atoms with Gasteiger partial charge in [0.2, 0.25) is 0 Å². The van der Waals surface area contributed by atoms with E-state index < -0.39 is 0 Å². The molecular weight excluding hydrogens is 297 g/mol. The molecule has 0 atom stereocenters. The zero-order valence-corrected chi connectivity index (χ0v) is 12.4. The van der Waals surface area contributed by atoms with Gasteiger partial charge in [0.25, 0.3) is 0 Å². The van der Waals surface area contributed by atoms with Crippen LogP contribution in [0.25, 0.3) is 0 Å². The number of nitrogens with one attached hydrogen (secondary N) is 1. The SMILES string of the molecule is CC(C)NCCCC(=O)Cc1cc(F)cc(Br)c1. The van der Waals surface area contributed by atoms with E-state index in [1.165, 1.54) is 12.1 Å². The maximum Gasteiger partial charge on any atom is 0.137 e. The van der Waals surface area contributed by atoms with Crippen LogP contribution in [-0.4, -0.2) is 18.4 Å². The van der Waals surface area contributed by atoms with Gasteiger partial charge in [-0.1, -0.05) is 29.8 Å². The summed E-state index contributed by atoms with van der Waals surface area (Å²) in [5.74, 6) is -0.160. The molecule has 100 valence electrons. The Bertz CT molecular complexity index is 387. The van der Waals surface area contributed by atoms with E-state index in [2.05, 4.69) is 35.1 Å². The van der Waals surface area contributed by atoms with Gasteiger partial charge in [0.15, 0.2) is 0 Å². The molecule has 1 rings (SSSR count). The molecule has 1 N–H and O–H groups in total. The third-order valence-electron chi connectivity index (χ3n) is 2.51. The summed E-state index contributed by atoms with van der Waals surface area (Å²) in [5.41, 5.74) is 0.726. The Morgan fingerprint density at radius 1 is 1.39 bits per heavy atom. The quantitative estimate of drug-likeness (QED) is 0.780. The number of halogens is 2. The zero-order valence-electron chi connectivity index (χ0n) is 10.8. The van der Waals surface area contributed by atoms with Gasteiger partial charge >= 0.3 is 0 Å². The van der Waals surface area contributed by atoms with Gasteiger partial charge in [-0.05, 0) is 36.7 Å². The Kier molecular flexibility index (Phi) is 6.50. The summed E-state index contributed by atoms with van der Waals surface area (Å²) >= 11 is 3.22. The molecule has 1 aromatic carbocycles. The minimum Gasteiger partial charge on any atom is -0.315 e. The van der Waals surface area contributed by atoms with Crippen LogP contribution in [-0.2, 0) is 11.2 Å². The first-order chi connectivity index (χ1) is 8.47. The first-order valence-corrected chi connectivity index (χ1v) is 6.96. The minimum atomic E-state index is -0.311. The molecule has 0 heterocycles. The highest BCUT2D eigenvalue weighted by Gasteiger charge is 2.06. The van der Waals surface area contributed by atoms with Crippen LogP contribution in [0.3, 0.4) is 0 Å². The highest BCUT2D eigenvalue weighted by Crippen LogP contribution is 2.16. The smallest absolute Gasteiger partial charge is 0.137 e. The minimum absolute atomic E-state index is 0.151. The van der Waals surface area contributed by atoms with Crippen molar-refractivity contribution in [1.29, 1.82) is 0 Å². The average molecular weight is 316 g/mol. The van der Waals surface area contributed by atoms with Crippen LogP contribution in [0.2, 0.25) is 0 Å². The van der Waals surface area contributed by atoms with E-state index in [1.54, 1.807) is 6.07 Å². The number of carbonyl (C=O) groups is 1. The molecule has 18 heavy (non-hydrogen) atoms. The summed E-state index contributed by atoms with van der Waals surface area (Å²) in [6.07, 6.45) is 1.67. The maximum atomic E-state index is 13.1. The van der Waals surface area contributed by atoms with Crippen molar-refractivity contribution in [3.05, 3.63) is 34.1 Å². The number of rotatable bonds is 7. The Morgan fingerprint density at radius 3 is 2.72 bits per heavy atom. The number of hydrogen-bond donors (Lipinski definition) is 1. The van der Waals surface area contributed by atoms with Gasteiger partial charge in [-0.15, -0.1) is 0 Å². The molecule has 0 aliphatic carbocycles. The number of benzene rings is 1. The highest BCUT2D eigenvalue weighted by atomic mass is 79.9. The van der Waals surface area contributed by atoms with Gasteiger partial charge < -0.3 is 5.32 Å². The molecule has 0 saturated heterocycles. The molecule has 0 radical (unpaired) electrons. The van der Waals surface area contributed by atoms with Crippen LogP contribution >= 0.6 is 15.9 Å². The second-order valence-electron chi connectivity index (χ2n) is 4.71. The summed E-state index contributed by atoms with van der Waals surface area (Å²) in [7, 11) is 0. The van der Waals surface area contributed by atoms with E-state index in [0.29, 0.717) is 23.4 Å². The molecular formula is C14H19BrFNO. The van der Waals surface area contributed by atoms with Crippen LogP contribution in [0.15, 0.2) is 22.7 Å². The lowest BCUT2D eigenvalue weighted by atomic mass is 10.1. The third kappa shape index (κ3) is 6.26. The van der Waals surface area contributed by atoms with Gasteiger partial charge in [-0.25, -0.2) is 4.39 Å². The molecule has 0 bridgehead atoms. The van der Waals surface area contributed by atoms with Crippen molar-refractivity contribution >= 4 is 21.7 Å². The van der Waals surface area contributed by atoms with E-state index in [9.17, 15) is 9.18 Å². The van der Waals surface area contributed by atoms with Gasteiger partial charge in [-0.3, -0.25) is 4.79 Å². The van der Waals surface area contributed by atoms with Crippen molar-refractivity contribution in [1.82, 2.24) is 5.32 Å². The van der Waals surface area contributed by atoms with Crippen molar-refractivity contribution in [2.24, 2.45) is 0 Å². The van der Waals surface area contributed by atoms with Crippen LogP contribution < -0.4 is 5.32 Å². The van der Waals surface area contributed by atoms with Gasteiger partial charge in [-0.2, -0.15) is 0 Å². The monoisotopic (exact) mass is 315 g/mol. The standard InChI is InChI=1S/C14H19BrFNO/c1-10(2)17-5-3-4-14(18)8-11-6-12(15)9-13(16)7-11/h6-7,9-10,17H,3-5,8H2,1-2H3. The van der Waals surface area contributed by atoms with E-state index in [0.717, 1.165) is 18.5 Å². The molecule has 0 spiro atoms. The Morgan fingerprint density at radius 2 is 2.11 bits per heavy atom. The first-order valence-electron chi connectivity index (χ1n) is 6.17. The predicted octanol–water partition coefficient (Wildman–Crippen LogP) is 3.48. The summed E-state index contributed by atoms with van der Waals surface area (Å²) in [6.45, 7) is 4.99. The maximum absolute atomic E-state index is 13.1. The van der Waals surface area contributed by atoms with Crippen molar-refractivity contribution in [3.8, 4) is 0 Å². The molecule has 2 nitrogen and oxygen atoms in total. The van der Waals surface area contributed by atoms with Crippen LogP contribution in [0.5, 0.6) is 0 Å². The van der Waals surface area contributed by atoms with E-state index in [-0.39, 0.29) is 11.6 Å². The molecule has 0 amide bonds. The zero-order chi connectivity index (χ0) is 13.5. The number of Topliss-reactive ketones (excluding diaryl/α,β-unsaturated/α-hetero) is 1. The van der Waals surface area contributed by atoms with Crippen molar-refractivity contribution in [2.45, 2.75) is 39.2 Å². The predicted molar refractivity (Wildman–Crippen MR) is 75.2 cm³/mol. The van der Waals surface area contributed by atoms with Crippen molar-refractivity contribution < 1.29 is 9.18 Å². The van der Waals surface area contributed by atoms with Crippen molar-refractivity contribution in [2.75, 3.05) is 6.54 Å². The van der Waals surface area contributed by atoms with E-state index in [4.69, 9.17) is 0 Å². The Balaban J connectivity index is 2.35. The second-order valence-corrected chi connectivity index (χ2v) is 5.62. The number of carbonyl (C=O) groups excluding carboxylic acids is 1. The Hall–Kier alpha value is -0.740. The lowest BCUT2D eigenvalue weighted by Crippen LogP contribution is -2.24. The lowest BCUT2D eigenvalue weighted by Gasteiger charge is -2.07. The fraction of sp³-hybridized carbons (Fsp3) is 0.500. The first kappa shape index (κ1) is 15.3. The topological polar surface area (TPSA) is 29.1 Å². The van der Waals surface area contributed by atoms with E-state index >= 15 is 0 Å². The molecule has 0 saturated carbocycles. The van der Waals surface area contributed by atoms with Gasteiger partial charge in [0, 0.05) is 23.4 Å². The van der Waals surface area contributed by atoms with Gasteiger partial charge in [0.1, 0.15) is 11.6 Å². The summed E-state index contributed by atoms with van der Waals surface area (Å²) < 4.78 is 13.8. The number of hydrogen-bond acceptors (Lipinski definition) is 2. The largest absolute Gasteiger partial charge is 0.315 e. The molecule has 0 aliphatic rings. The highest BCUT2D eigenvalue weighted by molar-refractivity contribution is 9.10. The molecule has 1 aromatic rings. The molecule has 4 heteroatoms. The van der Waals surface area contributed by atoms with Gasteiger partial charge in [0.05, 0.1) is 0 Å². The molecule has 0 fully saturated rings. The van der Waals surface area contributed by atoms with Crippen LogP contribution in [0, 0.1) is 5.82 Å². The summed E-state index contributed by atoms with van der Waals surface area (Å²) in [4.78, 5) is 11.7. The fourth-order valence-electron chi connectivity index (χ4n) is 1.71. The second kappa shape index (κ2) is 7.64. The summed E-state index contributed by atoms with van der Waals surface area (Å²) in [6, 6.07) is 5.03. The van der Waals surface area contributed by atoms with Crippen LogP contribution in [0.1, 0.15) is 32.3 Å². The Labute approximate surface area is 116 Å². The summed E-state index contributed by atoms with van der Waals surface area (Å²) in [5, 5.41) is 3.26. The number of ketones is 1. The third-order valence-corrected chi connectivity index (χ3v) is 2.97. The van der Waals surface area contributed by atoms with Crippen molar-refractivity contribution in [3.63, 3.8) is 0 Å². The molecule has 0 aliphatic heterocycles. The lowest BCUT2D eigenvalue weighted by molar-refractivity contribution is -0.118. The fourth-order valence-corrected chi connectivity index (χ4v) is 2.22. The average Bonchev–Trinajstić information content (AvgIpc) is 2.22. The van der Waals surface area contributed by atoms with Crippen LogP contribution in [0.4, 0.5) is 4.39 Å².